The summed E-state index contributed by atoms with van der Waals surface area (Å²) in [6.07, 6.45) is 8.53. The molecule has 0 aromatic carbocycles. The highest BCUT2D eigenvalue weighted by Crippen LogP contribution is 2.27. The zero-order valence-corrected chi connectivity index (χ0v) is 11.9. The molecule has 2 rings (SSSR count). The predicted molar refractivity (Wildman–Crippen MR) is 74.2 cm³/mol. The van der Waals surface area contributed by atoms with Crippen LogP contribution in [0.4, 0.5) is 0 Å². The Morgan fingerprint density at radius 3 is 2.65 bits per heavy atom. The first-order chi connectivity index (χ1) is 8.15. The standard InChI is InChI=1S/C15H30N2/c1-12-5-4-6-15(9-12)17(3)11-13(2)10-16-14-7-8-14/h12-16H,4-11H2,1-3H3. The molecule has 2 fully saturated rings. The fourth-order valence-electron chi connectivity index (χ4n) is 3.16. The van der Waals surface area contributed by atoms with Gasteiger partial charge in [0.05, 0.1) is 0 Å². The molecule has 0 radical (unpaired) electrons. The Kier molecular flexibility index (Phi) is 4.87. The Morgan fingerprint density at radius 1 is 1.24 bits per heavy atom. The van der Waals surface area contributed by atoms with Gasteiger partial charge in [-0.05, 0) is 51.1 Å². The van der Waals surface area contributed by atoms with Gasteiger partial charge >= 0.3 is 0 Å². The first-order valence-corrected chi connectivity index (χ1v) is 7.58. The van der Waals surface area contributed by atoms with Crippen LogP contribution in [0.5, 0.6) is 0 Å². The van der Waals surface area contributed by atoms with E-state index in [4.69, 9.17) is 0 Å². The van der Waals surface area contributed by atoms with Gasteiger partial charge in [-0.2, -0.15) is 0 Å². The average Bonchev–Trinajstić information content (AvgIpc) is 3.10. The zero-order chi connectivity index (χ0) is 12.3. The molecule has 2 heteroatoms. The van der Waals surface area contributed by atoms with E-state index >= 15 is 0 Å². The third kappa shape index (κ3) is 4.59. The number of hydrogen-bond acceptors (Lipinski definition) is 2. The number of rotatable bonds is 6. The first-order valence-electron chi connectivity index (χ1n) is 7.58. The van der Waals surface area contributed by atoms with Gasteiger partial charge in [0.2, 0.25) is 0 Å². The van der Waals surface area contributed by atoms with Gasteiger partial charge in [0.25, 0.3) is 0 Å². The van der Waals surface area contributed by atoms with Crippen LogP contribution in [0.2, 0.25) is 0 Å². The van der Waals surface area contributed by atoms with E-state index in [0.717, 1.165) is 23.9 Å². The molecular weight excluding hydrogens is 208 g/mol. The van der Waals surface area contributed by atoms with E-state index in [1.807, 2.05) is 0 Å². The van der Waals surface area contributed by atoms with Crippen LogP contribution < -0.4 is 5.32 Å². The highest BCUT2D eigenvalue weighted by atomic mass is 15.1. The van der Waals surface area contributed by atoms with Crippen LogP contribution in [0.15, 0.2) is 0 Å². The lowest BCUT2D eigenvalue weighted by molar-refractivity contribution is 0.146. The molecule has 0 heterocycles. The van der Waals surface area contributed by atoms with Crippen LogP contribution >= 0.6 is 0 Å². The van der Waals surface area contributed by atoms with E-state index in [-0.39, 0.29) is 0 Å². The van der Waals surface area contributed by atoms with Crippen LogP contribution in [-0.4, -0.2) is 37.1 Å². The van der Waals surface area contributed by atoms with Crippen LogP contribution in [0.3, 0.4) is 0 Å². The van der Waals surface area contributed by atoms with E-state index < -0.39 is 0 Å². The van der Waals surface area contributed by atoms with Crippen molar-refractivity contribution in [2.24, 2.45) is 11.8 Å². The van der Waals surface area contributed by atoms with Crippen molar-refractivity contribution in [1.82, 2.24) is 10.2 Å². The average molecular weight is 238 g/mol. The molecule has 2 saturated carbocycles. The van der Waals surface area contributed by atoms with Crippen LogP contribution in [-0.2, 0) is 0 Å². The SMILES string of the molecule is CC1CCCC(N(C)CC(C)CNC2CC2)C1. The number of nitrogens with zero attached hydrogens (tertiary/aromatic N) is 1. The minimum absolute atomic E-state index is 0.790. The molecule has 0 aromatic heterocycles. The number of nitrogens with one attached hydrogen (secondary N) is 1. The maximum absolute atomic E-state index is 3.65. The summed E-state index contributed by atoms with van der Waals surface area (Å²) in [6.45, 7) is 7.27. The molecule has 0 spiro atoms. The van der Waals surface area contributed by atoms with Crippen molar-refractivity contribution in [1.29, 1.82) is 0 Å². The summed E-state index contributed by atoms with van der Waals surface area (Å²) in [5.74, 6) is 1.73. The molecule has 0 aliphatic heterocycles. The number of hydrogen-bond donors (Lipinski definition) is 1. The van der Waals surface area contributed by atoms with Crippen molar-refractivity contribution in [2.75, 3.05) is 20.1 Å². The lowest BCUT2D eigenvalue weighted by Gasteiger charge is -2.35. The smallest absolute Gasteiger partial charge is 0.00948 e. The molecule has 1 N–H and O–H groups in total. The monoisotopic (exact) mass is 238 g/mol. The van der Waals surface area contributed by atoms with Crippen LogP contribution in [0.1, 0.15) is 52.4 Å². The zero-order valence-electron chi connectivity index (χ0n) is 11.9. The van der Waals surface area contributed by atoms with Gasteiger partial charge in [0, 0.05) is 18.6 Å². The van der Waals surface area contributed by atoms with E-state index in [0.29, 0.717) is 0 Å². The van der Waals surface area contributed by atoms with E-state index in [2.05, 4.69) is 31.1 Å². The van der Waals surface area contributed by atoms with Crippen molar-refractivity contribution in [3.8, 4) is 0 Å². The first kappa shape index (κ1) is 13.4. The molecule has 2 nitrogen and oxygen atoms in total. The van der Waals surface area contributed by atoms with Gasteiger partial charge in [-0.25, -0.2) is 0 Å². The van der Waals surface area contributed by atoms with Crippen molar-refractivity contribution in [3.05, 3.63) is 0 Å². The molecule has 0 saturated heterocycles. The van der Waals surface area contributed by atoms with Gasteiger partial charge < -0.3 is 10.2 Å². The topological polar surface area (TPSA) is 15.3 Å². The summed E-state index contributed by atoms with van der Waals surface area (Å²) >= 11 is 0. The summed E-state index contributed by atoms with van der Waals surface area (Å²) in [5.41, 5.74) is 0. The van der Waals surface area contributed by atoms with Crippen molar-refractivity contribution in [2.45, 2.75) is 64.5 Å². The van der Waals surface area contributed by atoms with Gasteiger partial charge in [0.15, 0.2) is 0 Å². The minimum Gasteiger partial charge on any atom is -0.314 e. The van der Waals surface area contributed by atoms with Gasteiger partial charge in [0.1, 0.15) is 0 Å². The highest BCUT2D eigenvalue weighted by molar-refractivity contribution is 4.82. The normalized spacial score (nSPS) is 31.8. The van der Waals surface area contributed by atoms with E-state index in [1.165, 1.54) is 51.6 Å². The molecule has 3 atom stereocenters. The summed E-state index contributed by atoms with van der Waals surface area (Å²) in [4.78, 5) is 2.62. The second-order valence-corrected chi connectivity index (χ2v) is 6.65. The van der Waals surface area contributed by atoms with Gasteiger partial charge in [-0.1, -0.05) is 26.7 Å². The molecule has 2 aliphatic carbocycles. The maximum atomic E-state index is 3.65. The maximum Gasteiger partial charge on any atom is 0.00948 e. The summed E-state index contributed by atoms with van der Waals surface area (Å²) in [5, 5.41) is 3.65. The summed E-state index contributed by atoms with van der Waals surface area (Å²) in [6, 6.07) is 1.71. The molecule has 0 bridgehead atoms. The third-order valence-corrected chi connectivity index (χ3v) is 4.46. The Hall–Kier alpha value is -0.0800. The van der Waals surface area contributed by atoms with Crippen molar-refractivity contribution < 1.29 is 0 Å². The molecule has 2 aliphatic rings. The van der Waals surface area contributed by atoms with Crippen molar-refractivity contribution >= 4 is 0 Å². The van der Waals surface area contributed by atoms with Gasteiger partial charge in [-0.3, -0.25) is 0 Å². The molecule has 0 aromatic rings. The summed E-state index contributed by atoms with van der Waals surface area (Å²) < 4.78 is 0. The minimum atomic E-state index is 0.790. The Labute approximate surface area is 107 Å². The molecule has 17 heavy (non-hydrogen) atoms. The van der Waals surface area contributed by atoms with E-state index in [9.17, 15) is 0 Å². The van der Waals surface area contributed by atoms with Crippen molar-refractivity contribution in [3.63, 3.8) is 0 Å². The molecule has 100 valence electrons. The Balaban J connectivity index is 1.65. The highest BCUT2D eigenvalue weighted by Gasteiger charge is 2.24. The quantitative estimate of drug-likeness (QED) is 0.765. The molecular formula is C15H30N2. The fourth-order valence-corrected chi connectivity index (χ4v) is 3.16. The Morgan fingerprint density at radius 2 is 2.00 bits per heavy atom. The second kappa shape index (κ2) is 6.19. The lowest BCUT2D eigenvalue weighted by Crippen LogP contribution is -2.40. The fraction of sp³-hybridized carbons (Fsp3) is 1.00. The third-order valence-electron chi connectivity index (χ3n) is 4.46. The second-order valence-electron chi connectivity index (χ2n) is 6.65. The van der Waals surface area contributed by atoms with E-state index in [1.54, 1.807) is 0 Å². The summed E-state index contributed by atoms with van der Waals surface area (Å²) in [7, 11) is 2.33. The van der Waals surface area contributed by atoms with Crippen LogP contribution in [0, 0.1) is 11.8 Å². The molecule has 3 unspecified atom stereocenters. The lowest BCUT2D eigenvalue weighted by atomic mass is 9.86. The van der Waals surface area contributed by atoms with Gasteiger partial charge in [-0.15, -0.1) is 0 Å². The predicted octanol–water partition coefficient (Wildman–Crippen LogP) is 2.89. The molecule has 0 amide bonds. The largest absolute Gasteiger partial charge is 0.314 e. The Bertz CT molecular complexity index is 225. The van der Waals surface area contributed by atoms with Crippen LogP contribution in [0.25, 0.3) is 0 Å².